The zero-order valence-electron chi connectivity index (χ0n) is 15.0. The highest BCUT2D eigenvalue weighted by Crippen LogP contribution is 2.31. The van der Waals surface area contributed by atoms with Crippen molar-refractivity contribution in [2.75, 3.05) is 13.7 Å². The number of hydrogen-bond acceptors (Lipinski definition) is 5. The molecule has 0 aliphatic heterocycles. The van der Waals surface area contributed by atoms with E-state index in [2.05, 4.69) is 9.71 Å². The van der Waals surface area contributed by atoms with Crippen LogP contribution in [0.25, 0.3) is 10.9 Å². The topological polar surface area (TPSA) is 84.3 Å². The molecule has 1 heterocycles. The highest BCUT2D eigenvalue weighted by atomic mass is 32.2. The first-order chi connectivity index (χ1) is 13.0. The van der Waals surface area contributed by atoms with Gasteiger partial charge in [0.1, 0.15) is 27.2 Å². The lowest BCUT2D eigenvalue weighted by Gasteiger charge is -2.12. The molecule has 7 heteroatoms. The summed E-state index contributed by atoms with van der Waals surface area (Å²) >= 11 is 0. The van der Waals surface area contributed by atoms with Gasteiger partial charge in [0.25, 0.3) is 0 Å². The Hall–Kier alpha value is -2.64. The van der Waals surface area contributed by atoms with Crippen LogP contribution in [0, 0.1) is 10.7 Å². The Bertz CT molecular complexity index is 1060. The first-order valence-corrected chi connectivity index (χ1v) is 10.3. The van der Waals surface area contributed by atoms with Crippen LogP contribution in [0.15, 0.2) is 59.6 Å². The maximum absolute atomic E-state index is 12.5. The lowest BCUT2D eigenvalue weighted by Crippen LogP contribution is -2.24. The van der Waals surface area contributed by atoms with Gasteiger partial charge in [-0.1, -0.05) is 0 Å². The van der Waals surface area contributed by atoms with Crippen molar-refractivity contribution in [1.82, 2.24) is 9.71 Å². The van der Waals surface area contributed by atoms with Gasteiger partial charge in [0, 0.05) is 24.2 Å². The second kappa shape index (κ2) is 7.17. The second-order valence-electron chi connectivity index (χ2n) is 6.61. The number of methoxy groups -OCH3 is 1. The van der Waals surface area contributed by atoms with Crippen LogP contribution in [0.1, 0.15) is 12.8 Å². The molecule has 0 amide bonds. The molecule has 4 rings (SSSR count). The SMILES string of the molecule is COc1ccc2c(Oc3ccc([S@](=N)(=O)NCC4CC4)cc3)ccnc2c1. The Labute approximate surface area is 158 Å². The van der Waals surface area contributed by atoms with E-state index in [4.69, 9.17) is 14.3 Å². The summed E-state index contributed by atoms with van der Waals surface area (Å²) in [6, 6.07) is 14.2. The Kier molecular flexibility index (Phi) is 4.72. The van der Waals surface area contributed by atoms with Crippen molar-refractivity contribution in [2.45, 2.75) is 17.7 Å². The smallest absolute Gasteiger partial charge is 0.138 e. The van der Waals surface area contributed by atoms with Gasteiger partial charge in [-0.3, -0.25) is 4.98 Å². The number of rotatable bonds is 7. The molecule has 0 radical (unpaired) electrons. The van der Waals surface area contributed by atoms with E-state index in [-0.39, 0.29) is 0 Å². The average Bonchev–Trinajstić information content (AvgIpc) is 3.51. The summed E-state index contributed by atoms with van der Waals surface area (Å²) in [5, 5.41) is 0.873. The van der Waals surface area contributed by atoms with Gasteiger partial charge >= 0.3 is 0 Å². The van der Waals surface area contributed by atoms with Gasteiger partial charge in [-0.25, -0.2) is 13.7 Å². The number of benzene rings is 2. The second-order valence-corrected chi connectivity index (χ2v) is 8.49. The Morgan fingerprint density at radius 3 is 2.59 bits per heavy atom. The number of fused-ring (bicyclic) bond motifs is 1. The number of nitrogens with zero attached hydrogens (tertiary/aromatic N) is 1. The van der Waals surface area contributed by atoms with Crippen LogP contribution < -0.4 is 14.2 Å². The summed E-state index contributed by atoms with van der Waals surface area (Å²) in [5.74, 6) is 2.59. The summed E-state index contributed by atoms with van der Waals surface area (Å²) in [6.07, 6.45) is 3.99. The largest absolute Gasteiger partial charge is 0.497 e. The van der Waals surface area contributed by atoms with E-state index < -0.39 is 9.92 Å². The van der Waals surface area contributed by atoms with E-state index in [0.29, 0.717) is 28.9 Å². The molecule has 2 N–H and O–H groups in total. The highest BCUT2D eigenvalue weighted by Gasteiger charge is 2.23. The zero-order valence-corrected chi connectivity index (χ0v) is 15.8. The first kappa shape index (κ1) is 17.8. The Morgan fingerprint density at radius 1 is 1.15 bits per heavy atom. The zero-order chi connectivity index (χ0) is 18.9. The first-order valence-electron chi connectivity index (χ1n) is 8.79. The lowest BCUT2D eigenvalue weighted by molar-refractivity contribution is 0.415. The lowest BCUT2D eigenvalue weighted by atomic mass is 10.2. The number of nitrogens with one attached hydrogen (secondary N) is 2. The summed E-state index contributed by atoms with van der Waals surface area (Å²) in [4.78, 5) is 4.81. The van der Waals surface area contributed by atoms with E-state index in [1.54, 1.807) is 43.6 Å². The molecule has 0 spiro atoms. The maximum atomic E-state index is 12.5. The minimum absolute atomic E-state index is 0.458. The van der Waals surface area contributed by atoms with Crippen LogP contribution >= 0.6 is 0 Å². The molecule has 1 aliphatic carbocycles. The summed E-state index contributed by atoms with van der Waals surface area (Å²) in [7, 11) is -1.36. The molecule has 6 nitrogen and oxygen atoms in total. The van der Waals surface area contributed by atoms with Gasteiger partial charge < -0.3 is 9.47 Å². The minimum atomic E-state index is -2.98. The van der Waals surface area contributed by atoms with Gasteiger partial charge in [-0.15, -0.1) is 0 Å². The molecule has 1 fully saturated rings. The van der Waals surface area contributed by atoms with Crippen LogP contribution in [0.4, 0.5) is 0 Å². The third-order valence-electron chi connectivity index (χ3n) is 4.57. The van der Waals surface area contributed by atoms with Crippen LogP contribution in [0.5, 0.6) is 17.2 Å². The molecule has 2 aromatic carbocycles. The Morgan fingerprint density at radius 2 is 1.89 bits per heavy atom. The van der Waals surface area contributed by atoms with Gasteiger partial charge in [0.2, 0.25) is 0 Å². The predicted molar refractivity (Wildman–Crippen MR) is 105 cm³/mol. The number of pyridine rings is 1. The standard InChI is InChI=1S/C20H21N3O3S/c1-25-16-6-9-18-19(12-16)22-11-10-20(18)26-15-4-7-17(8-5-15)27(21,24)23-13-14-2-3-14/h4-12,14H,2-3,13H2,1H3,(H2,21,23,24)/t27-/m1/s1. The molecule has 0 bridgehead atoms. The van der Waals surface area contributed by atoms with Crippen molar-refractivity contribution in [3.05, 3.63) is 54.7 Å². The molecule has 1 atom stereocenters. The molecule has 140 valence electrons. The monoisotopic (exact) mass is 383 g/mol. The number of aromatic nitrogens is 1. The maximum Gasteiger partial charge on any atom is 0.138 e. The average molecular weight is 383 g/mol. The van der Waals surface area contributed by atoms with Crippen molar-refractivity contribution >= 4 is 20.8 Å². The number of ether oxygens (including phenoxy) is 2. The summed E-state index contributed by atoms with van der Waals surface area (Å²) in [6.45, 7) is 0.632. The quantitative estimate of drug-likeness (QED) is 0.635. The Balaban J connectivity index is 1.54. The van der Waals surface area contributed by atoms with Crippen molar-refractivity contribution < 1.29 is 13.7 Å². The molecule has 27 heavy (non-hydrogen) atoms. The third kappa shape index (κ3) is 4.04. The van der Waals surface area contributed by atoms with E-state index in [1.165, 1.54) is 0 Å². The van der Waals surface area contributed by atoms with Crippen molar-refractivity contribution in [3.63, 3.8) is 0 Å². The molecule has 0 unspecified atom stereocenters. The van der Waals surface area contributed by atoms with Gasteiger partial charge in [0.15, 0.2) is 0 Å². The number of hydrogen-bond donors (Lipinski definition) is 2. The normalized spacial score (nSPS) is 16.0. The van der Waals surface area contributed by atoms with Gasteiger partial charge in [-0.2, -0.15) is 0 Å². The summed E-state index contributed by atoms with van der Waals surface area (Å²) in [5.41, 5.74) is 0.780. The van der Waals surface area contributed by atoms with Crippen LogP contribution in [0.3, 0.4) is 0 Å². The van der Waals surface area contributed by atoms with Gasteiger partial charge in [-0.05, 0) is 61.2 Å². The van der Waals surface area contributed by atoms with Crippen LogP contribution in [0.2, 0.25) is 0 Å². The molecule has 1 saturated carbocycles. The molecule has 1 aliphatic rings. The third-order valence-corrected chi connectivity index (χ3v) is 6.07. The highest BCUT2D eigenvalue weighted by molar-refractivity contribution is 7.90. The molecule has 3 aromatic rings. The summed E-state index contributed by atoms with van der Waals surface area (Å²) < 4.78 is 34.7. The fourth-order valence-corrected chi connectivity index (χ4v) is 3.94. The predicted octanol–water partition coefficient (Wildman–Crippen LogP) is 4.36. The minimum Gasteiger partial charge on any atom is -0.497 e. The fourth-order valence-electron chi connectivity index (χ4n) is 2.78. The van der Waals surface area contributed by atoms with Crippen LogP contribution in [-0.4, -0.2) is 22.8 Å². The van der Waals surface area contributed by atoms with Crippen molar-refractivity contribution in [1.29, 1.82) is 4.78 Å². The van der Waals surface area contributed by atoms with Crippen LogP contribution in [-0.2, 0) is 9.92 Å². The van der Waals surface area contributed by atoms with E-state index in [0.717, 1.165) is 29.5 Å². The van der Waals surface area contributed by atoms with E-state index in [9.17, 15) is 4.21 Å². The molecular formula is C20H21N3O3S. The van der Waals surface area contributed by atoms with Crippen molar-refractivity contribution in [2.24, 2.45) is 5.92 Å². The van der Waals surface area contributed by atoms with E-state index in [1.807, 2.05) is 18.2 Å². The molecule has 1 aromatic heterocycles. The fraction of sp³-hybridized carbons (Fsp3) is 0.250. The van der Waals surface area contributed by atoms with E-state index >= 15 is 0 Å². The molecule has 0 saturated heterocycles. The molecular weight excluding hydrogens is 362 g/mol. The van der Waals surface area contributed by atoms with Gasteiger partial charge in [0.05, 0.1) is 17.5 Å². The van der Waals surface area contributed by atoms with Crippen molar-refractivity contribution in [3.8, 4) is 17.2 Å².